The molecule has 21 heavy (non-hydrogen) atoms. The number of nitrogens with zero attached hydrogens (tertiary/aromatic N) is 2. The van der Waals surface area contributed by atoms with Gasteiger partial charge in [0.25, 0.3) is 0 Å². The molecular weight excluding hydrogens is 272 g/mol. The van der Waals surface area contributed by atoms with Crippen molar-refractivity contribution >= 4 is 17.1 Å². The van der Waals surface area contributed by atoms with Gasteiger partial charge in [0, 0.05) is 5.56 Å². The molecule has 0 atom stereocenters. The van der Waals surface area contributed by atoms with Crippen molar-refractivity contribution in [2.45, 2.75) is 0 Å². The van der Waals surface area contributed by atoms with Gasteiger partial charge in [-0.1, -0.05) is 6.07 Å². The maximum Gasteiger partial charge on any atom is 0.339 e. The van der Waals surface area contributed by atoms with Crippen molar-refractivity contribution in [2.75, 3.05) is 0 Å². The highest BCUT2D eigenvalue weighted by Crippen LogP contribution is 2.32. The van der Waals surface area contributed by atoms with Crippen LogP contribution in [0.15, 0.2) is 41.1 Å². The van der Waals surface area contributed by atoms with Gasteiger partial charge in [-0.05, 0) is 29.8 Å². The number of phenols is 1. The lowest BCUT2D eigenvalue weighted by molar-refractivity contribution is 0.0694. The number of benzene rings is 2. The standard InChI is InChI=1S/C15H8N2O4/c16-6-8-3-11(14-12(4-8)17-7-21-14)9-1-2-10(15(19)20)13(18)5-9/h1-5,7,18H,(H,19,20). The first-order valence-corrected chi connectivity index (χ1v) is 5.94. The Morgan fingerprint density at radius 2 is 2.10 bits per heavy atom. The van der Waals surface area contributed by atoms with Gasteiger partial charge in [0.05, 0.1) is 11.6 Å². The number of hydrogen-bond donors (Lipinski definition) is 2. The van der Waals surface area contributed by atoms with E-state index in [9.17, 15) is 9.90 Å². The predicted octanol–water partition coefficient (Wildman–Crippen LogP) is 2.77. The number of carboxylic acids is 1. The number of carboxylic acid groups (broad SMARTS) is 1. The Morgan fingerprint density at radius 1 is 1.29 bits per heavy atom. The van der Waals surface area contributed by atoms with Crippen molar-refractivity contribution in [2.24, 2.45) is 0 Å². The van der Waals surface area contributed by atoms with Crippen molar-refractivity contribution in [3.63, 3.8) is 0 Å². The van der Waals surface area contributed by atoms with Gasteiger partial charge in [-0.2, -0.15) is 5.26 Å². The van der Waals surface area contributed by atoms with E-state index in [0.717, 1.165) is 0 Å². The van der Waals surface area contributed by atoms with Gasteiger partial charge in [0.1, 0.15) is 16.8 Å². The summed E-state index contributed by atoms with van der Waals surface area (Å²) in [6.07, 6.45) is 1.26. The molecule has 0 fully saturated rings. The summed E-state index contributed by atoms with van der Waals surface area (Å²) in [5.74, 6) is -1.57. The summed E-state index contributed by atoms with van der Waals surface area (Å²) >= 11 is 0. The second-order valence-electron chi connectivity index (χ2n) is 4.37. The third-order valence-corrected chi connectivity index (χ3v) is 3.10. The van der Waals surface area contributed by atoms with E-state index in [1.807, 2.05) is 6.07 Å². The maximum absolute atomic E-state index is 10.9. The van der Waals surface area contributed by atoms with Crippen LogP contribution in [0.5, 0.6) is 5.75 Å². The molecule has 0 aliphatic carbocycles. The van der Waals surface area contributed by atoms with Crippen molar-refractivity contribution in [3.8, 4) is 22.9 Å². The number of nitriles is 1. The van der Waals surface area contributed by atoms with Crippen LogP contribution < -0.4 is 0 Å². The second-order valence-corrected chi connectivity index (χ2v) is 4.37. The van der Waals surface area contributed by atoms with Crippen LogP contribution in [-0.2, 0) is 0 Å². The second kappa shape index (κ2) is 4.65. The fourth-order valence-corrected chi connectivity index (χ4v) is 2.13. The van der Waals surface area contributed by atoms with Crippen LogP contribution in [0, 0.1) is 11.3 Å². The molecule has 1 aromatic heterocycles. The fourth-order valence-electron chi connectivity index (χ4n) is 2.13. The third-order valence-electron chi connectivity index (χ3n) is 3.10. The van der Waals surface area contributed by atoms with E-state index in [2.05, 4.69) is 4.98 Å². The molecule has 102 valence electrons. The zero-order valence-electron chi connectivity index (χ0n) is 10.6. The minimum atomic E-state index is -1.21. The van der Waals surface area contributed by atoms with Crippen molar-refractivity contribution in [1.82, 2.24) is 4.98 Å². The molecule has 2 N–H and O–H groups in total. The number of fused-ring (bicyclic) bond motifs is 1. The Kier molecular flexibility index (Phi) is 2.81. The van der Waals surface area contributed by atoms with Gasteiger partial charge >= 0.3 is 5.97 Å². The Balaban J connectivity index is 2.25. The molecule has 3 aromatic rings. The van der Waals surface area contributed by atoms with Crippen molar-refractivity contribution in [3.05, 3.63) is 47.9 Å². The number of oxazole rings is 1. The Morgan fingerprint density at radius 3 is 2.76 bits per heavy atom. The van der Waals surface area contributed by atoms with Crippen LogP contribution in [0.4, 0.5) is 0 Å². The highest BCUT2D eigenvalue weighted by molar-refractivity contribution is 5.95. The zero-order chi connectivity index (χ0) is 15.0. The quantitative estimate of drug-likeness (QED) is 0.747. The normalized spacial score (nSPS) is 10.4. The number of aromatic hydroxyl groups is 1. The monoisotopic (exact) mass is 280 g/mol. The topological polar surface area (TPSA) is 107 Å². The minimum absolute atomic E-state index is 0.191. The molecule has 3 rings (SSSR count). The Labute approximate surface area is 118 Å². The molecule has 0 saturated heterocycles. The number of rotatable bonds is 2. The highest BCUT2D eigenvalue weighted by Gasteiger charge is 2.14. The van der Waals surface area contributed by atoms with Crippen LogP contribution >= 0.6 is 0 Å². The van der Waals surface area contributed by atoms with Crippen LogP contribution in [0.3, 0.4) is 0 Å². The summed E-state index contributed by atoms with van der Waals surface area (Å²) < 4.78 is 5.30. The van der Waals surface area contributed by atoms with E-state index < -0.39 is 5.97 Å². The van der Waals surface area contributed by atoms with Crippen molar-refractivity contribution in [1.29, 1.82) is 5.26 Å². The molecule has 0 saturated carbocycles. The van der Waals surface area contributed by atoms with E-state index >= 15 is 0 Å². The van der Waals surface area contributed by atoms with Gasteiger partial charge in [-0.25, -0.2) is 9.78 Å². The van der Waals surface area contributed by atoms with Crippen LogP contribution in [-0.4, -0.2) is 21.2 Å². The molecular formula is C15H8N2O4. The van der Waals surface area contributed by atoms with E-state index in [-0.39, 0.29) is 11.3 Å². The summed E-state index contributed by atoms with van der Waals surface area (Å²) in [7, 11) is 0. The lowest BCUT2D eigenvalue weighted by atomic mass is 10.00. The first kappa shape index (κ1) is 12.7. The fraction of sp³-hybridized carbons (Fsp3) is 0. The van der Waals surface area contributed by atoms with Crippen molar-refractivity contribution < 1.29 is 19.4 Å². The maximum atomic E-state index is 10.9. The Hall–Kier alpha value is -3.33. The van der Waals surface area contributed by atoms with Crippen LogP contribution in [0.1, 0.15) is 15.9 Å². The third kappa shape index (κ3) is 2.07. The largest absolute Gasteiger partial charge is 0.507 e. The first-order valence-electron chi connectivity index (χ1n) is 5.94. The number of hydrogen-bond acceptors (Lipinski definition) is 5. The molecule has 0 aliphatic heterocycles. The lowest BCUT2D eigenvalue weighted by Crippen LogP contribution is -1.96. The van der Waals surface area contributed by atoms with E-state index in [1.165, 1.54) is 18.5 Å². The highest BCUT2D eigenvalue weighted by atomic mass is 16.4. The predicted molar refractivity (Wildman–Crippen MR) is 72.8 cm³/mol. The van der Waals surface area contributed by atoms with E-state index in [1.54, 1.807) is 18.2 Å². The van der Waals surface area contributed by atoms with Gasteiger partial charge in [-0.15, -0.1) is 0 Å². The summed E-state index contributed by atoms with van der Waals surface area (Å²) in [5.41, 5.74) is 2.30. The first-order chi connectivity index (χ1) is 10.1. The number of aromatic nitrogens is 1. The van der Waals surface area contributed by atoms with Crippen LogP contribution in [0.2, 0.25) is 0 Å². The van der Waals surface area contributed by atoms with Gasteiger partial charge in [0.15, 0.2) is 12.0 Å². The zero-order valence-corrected chi connectivity index (χ0v) is 10.6. The SMILES string of the molecule is N#Cc1cc(-c2ccc(C(=O)O)c(O)c2)c2ocnc2c1. The number of carbonyl (C=O) groups is 1. The van der Waals surface area contributed by atoms with E-state index in [4.69, 9.17) is 14.8 Å². The molecule has 0 unspecified atom stereocenters. The Bertz CT molecular complexity index is 906. The average molecular weight is 280 g/mol. The smallest absolute Gasteiger partial charge is 0.339 e. The molecule has 0 spiro atoms. The van der Waals surface area contributed by atoms with Crippen LogP contribution in [0.25, 0.3) is 22.2 Å². The molecule has 0 radical (unpaired) electrons. The van der Waals surface area contributed by atoms with E-state index in [0.29, 0.717) is 27.8 Å². The van der Waals surface area contributed by atoms with Gasteiger partial charge < -0.3 is 14.6 Å². The molecule has 6 heteroatoms. The average Bonchev–Trinajstić information content (AvgIpc) is 2.93. The molecule has 1 heterocycles. The number of aromatic carboxylic acids is 1. The molecule has 6 nitrogen and oxygen atoms in total. The minimum Gasteiger partial charge on any atom is -0.507 e. The van der Waals surface area contributed by atoms with Gasteiger partial charge in [-0.3, -0.25) is 0 Å². The molecule has 0 aliphatic rings. The molecule has 0 amide bonds. The molecule has 2 aromatic carbocycles. The summed E-state index contributed by atoms with van der Waals surface area (Å²) in [6, 6.07) is 9.38. The summed E-state index contributed by atoms with van der Waals surface area (Å²) in [5, 5.41) is 27.7. The van der Waals surface area contributed by atoms with Gasteiger partial charge in [0.2, 0.25) is 0 Å². The molecule has 0 bridgehead atoms. The summed E-state index contributed by atoms with van der Waals surface area (Å²) in [4.78, 5) is 14.9. The lowest BCUT2D eigenvalue weighted by Gasteiger charge is -2.06. The summed E-state index contributed by atoms with van der Waals surface area (Å²) in [6.45, 7) is 0.